The Balaban J connectivity index is 1.67. The molecule has 1 unspecified atom stereocenters. The average molecular weight is 317 g/mol. The minimum atomic E-state index is 0.562. The maximum Gasteiger partial charge on any atom is 0.120 e. The van der Waals surface area contributed by atoms with E-state index in [1.165, 1.54) is 27.5 Å². The lowest BCUT2D eigenvalue weighted by atomic mass is 9.85. The summed E-state index contributed by atoms with van der Waals surface area (Å²) in [4.78, 5) is 2.33. The smallest absolute Gasteiger partial charge is 0.120 e. The first-order chi connectivity index (χ1) is 11.7. The summed E-state index contributed by atoms with van der Waals surface area (Å²) in [5.41, 5.74) is 4.07. The highest BCUT2D eigenvalue weighted by Crippen LogP contribution is 2.34. The molecule has 1 aliphatic rings. The van der Waals surface area contributed by atoms with Crippen molar-refractivity contribution in [3.05, 3.63) is 77.4 Å². The van der Waals surface area contributed by atoms with Crippen LogP contribution in [0.5, 0.6) is 5.75 Å². The number of rotatable bonds is 4. The Morgan fingerprint density at radius 1 is 0.917 bits per heavy atom. The van der Waals surface area contributed by atoms with Gasteiger partial charge in [-0.1, -0.05) is 48.5 Å². The Morgan fingerprint density at radius 2 is 1.71 bits per heavy atom. The van der Waals surface area contributed by atoms with Gasteiger partial charge in [0.15, 0.2) is 0 Å². The monoisotopic (exact) mass is 317 g/mol. The van der Waals surface area contributed by atoms with E-state index in [4.69, 9.17) is 4.74 Å². The first-order valence-corrected chi connectivity index (χ1v) is 8.58. The maximum atomic E-state index is 6.09. The van der Waals surface area contributed by atoms with Crippen LogP contribution < -0.4 is 4.74 Å². The van der Waals surface area contributed by atoms with Crippen LogP contribution in [0.3, 0.4) is 0 Å². The molecule has 0 radical (unpaired) electrons. The van der Waals surface area contributed by atoms with Crippen LogP contribution >= 0.6 is 0 Å². The van der Waals surface area contributed by atoms with Gasteiger partial charge >= 0.3 is 0 Å². The van der Waals surface area contributed by atoms with E-state index in [0.717, 1.165) is 18.6 Å². The molecule has 0 N–H and O–H groups in total. The Kier molecular flexibility index (Phi) is 3.99. The summed E-state index contributed by atoms with van der Waals surface area (Å²) >= 11 is 0. The van der Waals surface area contributed by atoms with Crippen molar-refractivity contribution >= 4 is 10.8 Å². The summed E-state index contributed by atoms with van der Waals surface area (Å²) in [5, 5.41) is 2.73. The number of nitrogens with zero attached hydrogens (tertiary/aromatic N) is 1. The lowest BCUT2D eigenvalue weighted by Gasteiger charge is -2.30. The summed E-state index contributed by atoms with van der Waals surface area (Å²) in [6.45, 7) is 0.614. The summed E-state index contributed by atoms with van der Waals surface area (Å²) in [7, 11) is 4.34. The lowest BCUT2D eigenvalue weighted by Crippen LogP contribution is -2.34. The van der Waals surface area contributed by atoms with Gasteiger partial charge in [-0.2, -0.15) is 0 Å². The van der Waals surface area contributed by atoms with Crippen LogP contribution in [0.15, 0.2) is 60.7 Å². The minimum Gasteiger partial charge on any atom is -0.489 e. The van der Waals surface area contributed by atoms with Gasteiger partial charge in [0.1, 0.15) is 12.4 Å². The first kappa shape index (κ1) is 15.2. The zero-order valence-electron chi connectivity index (χ0n) is 14.3. The highest BCUT2D eigenvalue weighted by atomic mass is 16.5. The predicted octanol–water partition coefficient (Wildman–Crippen LogP) is 4.45. The molecule has 0 fully saturated rings. The van der Waals surface area contributed by atoms with Crippen molar-refractivity contribution in [1.82, 2.24) is 4.90 Å². The van der Waals surface area contributed by atoms with Crippen LogP contribution in [-0.2, 0) is 19.4 Å². The second-order valence-electron chi connectivity index (χ2n) is 6.90. The third-order valence-electron chi connectivity index (χ3n) is 5.01. The molecule has 24 heavy (non-hydrogen) atoms. The Bertz CT molecular complexity index is 854. The molecule has 3 aromatic carbocycles. The van der Waals surface area contributed by atoms with E-state index in [1.54, 1.807) is 0 Å². The molecular weight excluding hydrogens is 294 g/mol. The molecule has 2 heteroatoms. The molecule has 0 aliphatic heterocycles. The summed E-state index contributed by atoms with van der Waals surface area (Å²) in [6.07, 6.45) is 2.21. The van der Waals surface area contributed by atoms with Gasteiger partial charge < -0.3 is 9.64 Å². The second kappa shape index (κ2) is 6.29. The average Bonchev–Trinajstić information content (AvgIpc) is 2.61. The topological polar surface area (TPSA) is 12.5 Å². The first-order valence-electron chi connectivity index (χ1n) is 8.58. The van der Waals surface area contributed by atoms with Crippen molar-refractivity contribution in [2.75, 3.05) is 14.1 Å². The van der Waals surface area contributed by atoms with Gasteiger partial charge in [-0.05, 0) is 66.5 Å². The highest BCUT2D eigenvalue weighted by Gasteiger charge is 2.22. The van der Waals surface area contributed by atoms with Gasteiger partial charge in [-0.3, -0.25) is 0 Å². The van der Waals surface area contributed by atoms with Crippen LogP contribution in [-0.4, -0.2) is 25.0 Å². The molecule has 122 valence electrons. The zero-order chi connectivity index (χ0) is 16.5. The quantitative estimate of drug-likeness (QED) is 0.705. The molecule has 3 aromatic rings. The maximum absolute atomic E-state index is 6.09. The fourth-order valence-corrected chi connectivity index (χ4v) is 3.67. The fraction of sp³-hybridized carbons (Fsp3) is 0.273. The van der Waals surface area contributed by atoms with Gasteiger partial charge in [0, 0.05) is 6.04 Å². The molecule has 0 saturated heterocycles. The molecule has 4 rings (SSSR count). The van der Waals surface area contributed by atoms with Crippen LogP contribution in [0.1, 0.15) is 16.7 Å². The third-order valence-corrected chi connectivity index (χ3v) is 5.01. The van der Waals surface area contributed by atoms with E-state index in [-0.39, 0.29) is 0 Å². The normalized spacial score (nSPS) is 16.5. The van der Waals surface area contributed by atoms with E-state index in [0.29, 0.717) is 12.6 Å². The molecule has 0 saturated carbocycles. The van der Waals surface area contributed by atoms with Crippen molar-refractivity contribution in [2.24, 2.45) is 0 Å². The Hall–Kier alpha value is -2.32. The fourth-order valence-electron chi connectivity index (χ4n) is 3.67. The molecule has 0 bridgehead atoms. The van der Waals surface area contributed by atoms with Crippen LogP contribution in [0.4, 0.5) is 0 Å². The number of likely N-dealkylation sites (N-methyl/N-ethyl adjacent to an activating group) is 1. The SMILES string of the molecule is CN(C)C1Cc2cccc3cc(OCc4ccccc4)cc(c23)C1. The van der Waals surface area contributed by atoms with Crippen LogP contribution in [0.2, 0.25) is 0 Å². The van der Waals surface area contributed by atoms with Crippen molar-refractivity contribution < 1.29 is 4.74 Å². The van der Waals surface area contributed by atoms with E-state index in [2.05, 4.69) is 73.6 Å². The number of ether oxygens (including phenoxy) is 1. The minimum absolute atomic E-state index is 0.562. The Labute approximate surface area is 143 Å². The lowest BCUT2D eigenvalue weighted by molar-refractivity contribution is 0.285. The summed E-state index contributed by atoms with van der Waals surface area (Å²) in [6, 6.07) is 22.0. The van der Waals surface area contributed by atoms with E-state index in [9.17, 15) is 0 Å². The van der Waals surface area contributed by atoms with Gasteiger partial charge in [0.2, 0.25) is 0 Å². The standard InChI is InChI=1S/C22H23NO/c1-23(2)20-11-17-9-6-10-18-13-21(14-19(12-20)22(17)18)24-15-16-7-4-3-5-8-16/h3-10,13-14,20H,11-12,15H2,1-2H3. The van der Waals surface area contributed by atoms with Crippen molar-refractivity contribution in [2.45, 2.75) is 25.5 Å². The van der Waals surface area contributed by atoms with Gasteiger partial charge in [-0.15, -0.1) is 0 Å². The van der Waals surface area contributed by atoms with Crippen LogP contribution in [0.25, 0.3) is 10.8 Å². The number of hydrogen-bond donors (Lipinski definition) is 0. The van der Waals surface area contributed by atoms with Crippen LogP contribution in [0, 0.1) is 0 Å². The molecule has 1 atom stereocenters. The summed E-state index contributed by atoms with van der Waals surface area (Å²) in [5.74, 6) is 0.970. The highest BCUT2D eigenvalue weighted by molar-refractivity contribution is 5.91. The van der Waals surface area contributed by atoms with E-state index >= 15 is 0 Å². The van der Waals surface area contributed by atoms with Crippen molar-refractivity contribution in [1.29, 1.82) is 0 Å². The molecule has 1 aliphatic carbocycles. The molecule has 2 nitrogen and oxygen atoms in total. The molecule has 0 amide bonds. The predicted molar refractivity (Wildman–Crippen MR) is 99.6 cm³/mol. The molecule has 0 spiro atoms. The third kappa shape index (κ3) is 2.90. The molecule has 0 aromatic heterocycles. The van der Waals surface area contributed by atoms with E-state index < -0.39 is 0 Å². The van der Waals surface area contributed by atoms with Gasteiger partial charge in [0.05, 0.1) is 0 Å². The number of benzene rings is 3. The summed E-state index contributed by atoms with van der Waals surface area (Å²) < 4.78 is 6.09. The van der Waals surface area contributed by atoms with Crippen molar-refractivity contribution in [3.8, 4) is 5.75 Å². The second-order valence-corrected chi connectivity index (χ2v) is 6.90. The van der Waals surface area contributed by atoms with Gasteiger partial charge in [0.25, 0.3) is 0 Å². The number of hydrogen-bond acceptors (Lipinski definition) is 2. The Morgan fingerprint density at radius 3 is 2.50 bits per heavy atom. The zero-order valence-corrected chi connectivity index (χ0v) is 14.3. The molecular formula is C22H23NO. The van der Waals surface area contributed by atoms with Crippen molar-refractivity contribution in [3.63, 3.8) is 0 Å². The largest absolute Gasteiger partial charge is 0.489 e. The molecule has 0 heterocycles. The van der Waals surface area contributed by atoms with E-state index in [1.807, 2.05) is 6.07 Å². The van der Waals surface area contributed by atoms with Gasteiger partial charge in [-0.25, -0.2) is 0 Å².